The van der Waals surface area contributed by atoms with Crippen LogP contribution in [0.15, 0.2) is 35.2 Å². The van der Waals surface area contributed by atoms with Crippen LogP contribution in [0.25, 0.3) is 0 Å². The number of aryl methyl sites for hydroxylation is 2. The minimum Gasteiger partial charge on any atom is -0.309 e. The van der Waals surface area contributed by atoms with Gasteiger partial charge >= 0.3 is 0 Å². The minimum atomic E-state index is -3.75. The first-order chi connectivity index (χ1) is 12.7. The lowest BCUT2D eigenvalue weighted by Crippen LogP contribution is -2.34. The summed E-state index contributed by atoms with van der Waals surface area (Å²) in [5, 5.41) is 0. The molecule has 0 aliphatic carbocycles. The summed E-state index contributed by atoms with van der Waals surface area (Å²) in [5.41, 5.74) is 1.95. The van der Waals surface area contributed by atoms with Gasteiger partial charge in [-0.1, -0.05) is 12.1 Å². The van der Waals surface area contributed by atoms with E-state index in [4.69, 9.17) is 0 Å². The molecule has 0 unspecified atom stereocenters. The van der Waals surface area contributed by atoms with Gasteiger partial charge in [0.25, 0.3) is 0 Å². The molecule has 1 heterocycles. The van der Waals surface area contributed by atoms with E-state index in [1.54, 1.807) is 26.0 Å². The van der Waals surface area contributed by atoms with E-state index < -0.39 is 27.6 Å². The number of fused-ring (bicyclic) bond motifs is 1. The van der Waals surface area contributed by atoms with Crippen molar-refractivity contribution in [1.82, 2.24) is 4.72 Å². The molecule has 2 aromatic carbocycles. The van der Waals surface area contributed by atoms with Crippen LogP contribution in [0.2, 0.25) is 0 Å². The van der Waals surface area contributed by atoms with Crippen molar-refractivity contribution in [2.24, 2.45) is 0 Å². The number of rotatable bonds is 5. The fourth-order valence-electron chi connectivity index (χ4n) is 3.21. The maximum atomic E-state index is 14.0. The van der Waals surface area contributed by atoms with Crippen molar-refractivity contribution in [2.45, 2.75) is 31.6 Å². The Morgan fingerprint density at radius 2 is 1.93 bits per heavy atom. The lowest BCUT2D eigenvalue weighted by molar-refractivity contribution is -0.118. The fourth-order valence-corrected chi connectivity index (χ4v) is 4.57. The van der Waals surface area contributed by atoms with Crippen LogP contribution in [-0.2, 0) is 21.2 Å². The molecule has 1 N–H and O–H groups in total. The molecule has 0 fully saturated rings. The van der Waals surface area contributed by atoms with Gasteiger partial charge in [-0.05, 0) is 49.1 Å². The van der Waals surface area contributed by atoms with Crippen LogP contribution in [0.3, 0.4) is 0 Å². The molecule has 8 heteroatoms. The van der Waals surface area contributed by atoms with Gasteiger partial charge < -0.3 is 4.90 Å². The van der Waals surface area contributed by atoms with Crippen molar-refractivity contribution in [3.8, 4) is 0 Å². The first-order valence-corrected chi connectivity index (χ1v) is 10.0. The molecule has 0 bridgehead atoms. The topological polar surface area (TPSA) is 66.5 Å². The summed E-state index contributed by atoms with van der Waals surface area (Å²) in [6, 6.07) is 7.07. The number of benzene rings is 2. The van der Waals surface area contributed by atoms with Crippen LogP contribution in [-0.4, -0.2) is 27.4 Å². The van der Waals surface area contributed by atoms with Gasteiger partial charge in [0.1, 0.15) is 11.6 Å². The molecular weight excluding hydrogens is 374 g/mol. The largest absolute Gasteiger partial charge is 0.309 e. The molecule has 27 heavy (non-hydrogen) atoms. The van der Waals surface area contributed by atoms with Gasteiger partial charge in [-0.3, -0.25) is 4.79 Å². The third-order valence-electron chi connectivity index (χ3n) is 4.55. The maximum absolute atomic E-state index is 14.0. The highest BCUT2D eigenvalue weighted by atomic mass is 32.2. The zero-order valence-electron chi connectivity index (χ0n) is 15.1. The summed E-state index contributed by atoms with van der Waals surface area (Å²) in [6.45, 7) is 3.63. The van der Waals surface area contributed by atoms with E-state index in [2.05, 4.69) is 4.72 Å². The number of sulfonamides is 1. The number of halogens is 2. The monoisotopic (exact) mass is 394 g/mol. The van der Waals surface area contributed by atoms with Crippen molar-refractivity contribution in [3.05, 3.63) is 58.7 Å². The molecule has 3 rings (SSSR count). The molecule has 0 aromatic heterocycles. The number of nitrogens with one attached hydrogen (secondary N) is 1. The average Bonchev–Trinajstić information content (AvgIpc) is 3.01. The first-order valence-electron chi connectivity index (χ1n) is 8.54. The van der Waals surface area contributed by atoms with E-state index in [-0.39, 0.29) is 30.1 Å². The molecule has 0 saturated carbocycles. The Balaban J connectivity index is 1.67. The molecule has 5 nitrogen and oxygen atoms in total. The predicted molar refractivity (Wildman–Crippen MR) is 98.1 cm³/mol. The molecule has 1 amide bonds. The lowest BCUT2D eigenvalue weighted by Gasteiger charge is -2.18. The predicted octanol–water partition coefficient (Wildman–Crippen LogP) is 2.84. The quantitative estimate of drug-likeness (QED) is 0.848. The van der Waals surface area contributed by atoms with E-state index in [1.165, 1.54) is 11.0 Å². The minimum absolute atomic E-state index is 0.0822. The van der Waals surface area contributed by atoms with Crippen LogP contribution in [0, 0.1) is 25.5 Å². The Morgan fingerprint density at radius 1 is 1.19 bits per heavy atom. The SMILES string of the molecule is Cc1ccc(C)c(S(=O)(=O)NCCC(=O)N2CCc3cc(F)cc(F)c32)c1. The van der Waals surface area contributed by atoms with Crippen molar-refractivity contribution in [3.63, 3.8) is 0 Å². The number of anilines is 1. The number of amides is 1. The maximum Gasteiger partial charge on any atom is 0.240 e. The van der Waals surface area contributed by atoms with Crippen LogP contribution >= 0.6 is 0 Å². The number of nitrogens with zero attached hydrogens (tertiary/aromatic N) is 1. The zero-order valence-corrected chi connectivity index (χ0v) is 15.9. The van der Waals surface area contributed by atoms with Gasteiger partial charge in [-0.25, -0.2) is 21.9 Å². The van der Waals surface area contributed by atoms with Gasteiger partial charge in [-0.15, -0.1) is 0 Å². The van der Waals surface area contributed by atoms with E-state index >= 15 is 0 Å². The zero-order chi connectivity index (χ0) is 19.8. The van der Waals surface area contributed by atoms with Gasteiger partial charge in [-0.2, -0.15) is 0 Å². The van der Waals surface area contributed by atoms with Crippen molar-refractivity contribution >= 4 is 21.6 Å². The highest BCUT2D eigenvalue weighted by Crippen LogP contribution is 2.32. The van der Waals surface area contributed by atoms with Gasteiger partial charge in [0.05, 0.1) is 10.6 Å². The summed E-state index contributed by atoms with van der Waals surface area (Å²) in [6.07, 6.45) is 0.240. The molecule has 1 aliphatic rings. The molecule has 2 aromatic rings. The lowest BCUT2D eigenvalue weighted by atomic mass is 10.1. The molecule has 0 spiro atoms. The van der Waals surface area contributed by atoms with Gasteiger partial charge in [0.2, 0.25) is 15.9 Å². The Hall–Kier alpha value is -2.32. The first kappa shape index (κ1) is 19.4. The number of carbonyl (C=O) groups excluding carboxylic acids is 1. The van der Waals surface area contributed by atoms with Crippen LogP contribution in [0.5, 0.6) is 0 Å². The van der Waals surface area contributed by atoms with Gasteiger partial charge in [0, 0.05) is 25.6 Å². The molecule has 144 valence electrons. The summed E-state index contributed by atoms with van der Waals surface area (Å²) in [7, 11) is -3.75. The van der Waals surface area contributed by atoms with E-state index in [9.17, 15) is 22.0 Å². The Kier molecular flexibility index (Phi) is 5.30. The van der Waals surface area contributed by atoms with E-state index in [0.29, 0.717) is 17.5 Å². The van der Waals surface area contributed by atoms with Crippen LogP contribution in [0.1, 0.15) is 23.1 Å². The summed E-state index contributed by atoms with van der Waals surface area (Å²) < 4.78 is 54.7. The third kappa shape index (κ3) is 4.01. The Labute approximate surface area is 157 Å². The molecule has 0 saturated heterocycles. The van der Waals surface area contributed by atoms with Crippen molar-refractivity contribution < 1.29 is 22.0 Å². The highest BCUT2D eigenvalue weighted by Gasteiger charge is 2.28. The fraction of sp³-hybridized carbons (Fsp3) is 0.316. The second-order valence-electron chi connectivity index (χ2n) is 6.61. The van der Waals surface area contributed by atoms with Gasteiger partial charge in [0.15, 0.2) is 0 Å². The second kappa shape index (κ2) is 7.36. The van der Waals surface area contributed by atoms with E-state index in [1.807, 2.05) is 6.07 Å². The van der Waals surface area contributed by atoms with Crippen molar-refractivity contribution in [1.29, 1.82) is 0 Å². The smallest absolute Gasteiger partial charge is 0.240 e. The standard InChI is InChI=1S/C19H20F2N2O3S/c1-12-3-4-13(2)17(9-12)27(25,26)22-7-5-18(24)23-8-6-14-10-15(20)11-16(21)19(14)23/h3-4,9-11,22H,5-8H2,1-2H3. The third-order valence-corrected chi connectivity index (χ3v) is 6.15. The summed E-state index contributed by atoms with van der Waals surface area (Å²) in [5.74, 6) is -1.88. The summed E-state index contributed by atoms with van der Waals surface area (Å²) >= 11 is 0. The van der Waals surface area contributed by atoms with Crippen molar-refractivity contribution in [2.75, 3.05) is 18.0 Å². The Morgan fingerprint density at radius 3 is 2.67 bits per heavy atom. The Bertz CT molecular complexity index is 1010. The number of hydrogen-bond acceptors (Lipinski definition) is 3. The second-order valence-corrected chi connectivity index (χ2v) is 8.34. The number of hydrogen-bond donors (Lipinski definition) is 1. The molecular formula is C19H20F2N2O3S. The van der Waals surface area contributed by atoms with Crippen LogP contribution < -0.4 is 9.62 Å². The summed E-state index contributed by atoms with van der Waals surface area (Å²) in [4.78, 5) is 13.8. The molecule has 1 aliphatic heterocycles. The molecule has 0 radical (unpaired) electrons. The highest BCUT2D eigenvalue weighted by molar-refractivity contribution is 7.89. The van der Waals surface area contributed by atoms with E-state index in [0.717, 1.165) is 11.6 Å². The number of carbonyl (C=O) groups is 1. The molecule has 0 atom stereocenters. The average molecular weight is 394 g/mol. The van der Waals surface area contributed by atoms with Crippen LogP contribution in [0.4, 0.5) is 14.5 Å². The normalized spacial score (nSPS) is 13.7.